The van der Waals surface area contributed by atoms with Crippen molar-refractivity contribution in [3.05, 3.63) is 41.1 Å². The maximum absolute atomic E-state index is 5.69. The molecular formula is C13H14BrN3O. The zero-order chi connectivity index (χ0) is 12.8. The molecule has 0 amide bonds. The molecule has 2 rings (SSSR count). The van der Waals surface area contributed by atoms with Crippen molar-refractivity contribution in [2.45, 2.75) is 13.3 Å². The standard InChI is InChI=1S/C13H14BrN3O/c1-2-7-15-12-8-13(17-9-16-12)18-11-6-4-3-5-10(11)14/h3-6,8-9H,2,7H2,1H3,(H,15,16,17). The van der Waals surface area contributed by atoms with Crippen LogP contribution in [0.2, 0.25) is 0 Å². The van der Waals surface area contributed by atoms with Crippen LogP contribution in [-0.2, 0) is 0 Å². The number of para-hydroxylation sites is 1. The van der Waals surface area contributed by atoms with Crippen molar-refractivity contribution in [1.29, 1.82) is 0 Å². The van der Waals surface area contributed by atoms with E-state index in [1.54, 1.807) is 6.07 Å². The van der Waals surface area contributed by atoms with Gasteiger partial charge in [-0.2, -0.15) is 0 Å². The molecule has 0 saturated carbocycles. The summed E-state index contributed by atoms with van der Waals surface area (Å²) in [7, 11) is 0. The smallest absolute Gasteiger partial charge is 0.224 e. The third-order valence-corrected chi connectivity index (χ3v) is 2.90. The van der Waals surface area contributed by atoms with Gasteiger partial charge in [-0.3, -0.25) is 0 Å². The molecule has 0 radical (unpaired) electrons. The number of nitrogens with one attached hydrogen (secondary N) is 1. The van der Waals surface area contributed by atoms with Crippen LogP contribution in [0.1, 0.15) is 13.3 Å². The van der Waals surface area contributed by atoms with Gasteiger partial charge in [0.05, 0.1) is 4.47 Å². The first kappa shape index (κ1) is 12.8. The van der Waals surface area contributed by atoms with E-state index in [0.29, 0.717) is 5.88 Å². The summed E-state index contributed by atoms with van der Waals surface area (Å²) in [5.74, 6) is 2.03. The predicted molar refractivity (Wildman–Crippen MR) is 75.0 cm³/mol. The monoisotopic (exact) mass is 307 g/mol. The Labute approximate surface area is 115 Å². The zero-order valence-electron chi connectivity index (χ0n) is 10.1. The fourth-order valence-corrected chi connectivity index (χ4v) is 1.75. The van der Waals surface area contributed by atoms with E-state index in [9.17, 15) is 0 Å². The van der Waals surface area contributed by atoms with Gasteiger partial charge < -0.3 is 10.1 Å². The number of halogens is 1. The molecule has 94 valence electrons. The van der Waals surface area contributed by atoms with Crippen molar-refractivity contribution < 1.29 is 4.74 Å². The Hall–Kier alpha value is -1.62. The third-order valence-electron chi connectivity index (χ3n) is 2.25. The van der Waals surface area contributed by atoms with Crippen molar-refractivity contribution in [3.63, 3.8) is 0 Å². The molecule has 0 aliphatic carbocycles. The molecule has 5 heteroatoms. The molecule has 0 unspecified atom stereocenters. The van der Waals surface area contributed by atoms with E-state index in [1.165, 1.54) is 6.33 Å². The number of rotatable bonds is 5. The Morgan fingerprint density at radius 1 is 1.28 bits per heavy atom. The predicted octanol–water partition coefficient (Wildman–Crippen LogP) is 3.85. The van der Waals surface area contributed by atoms with Crippen LogP contribution in [0.15, 0.2) is 41.1 Å². The van der Waals surface area contributed by atoms with Gasteiger partial charge in [0, 0.05) is 12.6 Å². The fraction of sp³-hybridized carbons (Fsp3) is 0.231. The third kappa shape index (κ3) is 3.43. The number of benzene rings is 1. The second kappa shape index (κ2) is 6.35. The van der Waals surface area contributed by atoms with Gasteiger partial charge in [0.25, 0.3) is 0 Å². The normalized spacial score (nSPS) is 10.1. The minimum atomic E-state index is 0.524. The lowest BCUT2D eigenvalue weighted by molar-refractivity contribution is 0.459. The van der Waals surface area contributed by atoms with Crippen LogP contribution in [-0.4, -0.2) is 16.5 Å². The van der Waals surface area contributed by atoms with E-state index in [-0.39, 0.29) is 0 Å². The Morgan fingerprint density at radius 3 is 2.89 bits per heavy atom. The van der Waals surface area contributed by atoms with Gasteiger partial charge in [0.15, 0.2) is 0 Å². The average Bonchev–Trinajstić information content (AvgIpc) is 2.40. The lowest BCUT2D eigenvalue weighted by Gasteiger charge is -2.08. The molecule has 1 heterocycles. The van der Waals surface area contributed by atoms with Crippen LogP contribution in [0.3, 0.4) is 0 Å². The number of anilines is 1. The molecule has 1 aromatic heterocycles. The largest absolute Gasteiger partial charge is 0.438 e. The molecule has 1 N–H and O–H groups in total. The first-order chi connectivity index (χ1) is 8.79. The van der Waals surface area contributed by atoms with Gasteiger partial charge >= 0.3 is 0 Å². The minimum absolute atomic E-state index is 0.524. The van der Waals surface area contributed by atoms with Crippen molar-refractivity contribution in [2.75, 3.05) is 11.9 Å². The van der Waals surface area contributed by atoms with Crippen molar-refractivity contribution >= 4 is 21.7 Å². The molecule has 2 aromatic rings. The van der Waals surface area contributed by atoms with Crippen molar-refractivity contribution in [1.82, 2.24) is 9.97 Å². The zero-order valence-corrected chi connectivity index (χ0v) is 11.6. The topological polar surface area (TPSA) is 47.0 Å². The summed E-state index contributed by atoms with van der Waals surface area (Å²) in [5.41, 5.74) is 0. The van der Waals surface area contributed by atoms with E-state index in [2.05, 4.69) is 38.1 Å². The van der Waals surface area contributed by atoms with E-state index >= 15 is 0 Å². The van der Waals surface area contributed by atoms with Crippen molar-refractivity contribution in [2.24, 2.45) is 0 Å². The highest BCUT2D eigenvalue weighted by Crippen LogP contribution is 2.28. The number of hydrogen-bond acceptors (Lipinski definition) is 4. The van der Waals surface area contributed by atoms with Crippen LogP contribution in [0.4, 0.5) is 5.82 Å². The van der Waals surface area contributed by atoms with Crippen LogP contribution in [0.25, 0.3) is 0 Å². The van der Waals surface area contributed by atoms with Crippen LogP contribution < -0.4 is 10.1 Å². The lowest BCUT2D eigenvalue weighted by Crippen LogP contribution is -2.02. The molecule has 0 aliphatic heterocycles. The molecule has 0 saturated heterocycles. The van der Waals surface area contributed by atoms with E-state index < -0.39 is 0 Å². The molecule has 1 aromatic carbocycles. The maximum Gasteiger partial charge on any atom is 0.224 e. The Bertz CT molecular complexity index is 519. The molecule has 18 heavy (non-hydrogen) atoms. The van der Waals surface area contributed by atoms with Crippen LogP contribution in [0, 0.1) is 0 Å². The molecule has 4 nitrogen and oxygen atoms in total. The molecule has 0 fully saturated rings. The number of nitrogens with zero attached hydrogens (tertiary/aromatic N) is 2. The lowest BCUT2D eigenvalue weighted by atomic mass is 10.3. The highest BCUT2D eigenvalue weighted by atomic mass is 79.9. The Balaban J connectivity index is 2.12. The number of ether oxygens (including phenoxy) is 1. The van der Waals surface area contributed by atoms with E-state index in [0.717, 1.165) is 29.0 Å². The summed E-state index contributed by atoms with van der Waals surface area (Å²) in [6.45, 7) is 2.98. The van der Waals surface area contributed by atoms with Gasteiger partial charge in [-0.1, -0.05) is 19.1 Å². The molecule has 0 spiro atoms. The van der Waals surface area contributed by atoms with Crippen LogP contribution >= 0.6 is 15.9 Å². The first-order valence-corrected chi connectivity index (χ1v) is 6.57. The van der Waals surface area contributed by atoms with E-state index in [4.69, 9.17) is 4.74 Å². The quantitative estimate of drug-likeness (QED) is 0.911. The molecule has 0 atom stereocenters. The summed E-state index contributed by atoms with van der Waals surface area (Å²) >= 11 is 3.43. The Morgan fingerprint density at radius 2 is 2.11 bits per heavy atom. The molecule has 0 bridgehead atoms. The fourth-order valence-electron chi connectivity index (χ4n) is 1.39. The van der Waals surface area contributed by atoms with E-state index in [1.807, 2.05) is 24.3 Å². The summed E-state index contributed by atoms with van der Waals surface area (Å²) < 4.78 is 6.59. The second-order valence-corrected chi connectivity index (χ2v) is 4.56. The summed E-state index contributed by atoms with van der Waals surface area (Å²) in [5, 5.41) is 3.19. The maximum atomic E-state index is 5.69. The Kier molecular flexibility index (Phi) is 4.52. The van der Waals surface area contributed by atoms with Gasteiger partial charge in [-0.15, -0.1) is 0 Å². The van der Waals surface area contributed by atoms with Gasteiger partial charge in [-0.25, -0.2) is 9.97 Å². The SMILES string of the molecule is CCCNc1cc(Oc2ccccc2Br)ncn1. The average molecular weight is 308 g/mol. The highest BCUT2D eigenvalue weighted by Gasteiger charge is 2.04. The molecule has 0 aliphatic rings. The van der Waals surface area contributed by atoms with Gasteiger partial charge in [-0.05, 0) is 34.5 Å². The second-order valence-electron chi connectivity index (χ2n) is 3.70. The number of aromatic nitrogens is 2. The summed E-state index contributed by atoms with van der Waals surface area (Å²) in [4.78, 5) is 8.22. The first-order valence-electron chi connectivity index (χ1n) is 5.78. The highest BCUT2D eigenvalue weighted by molar-refractivity contribution is 9.10. The summed E-state index contributed by atoms with van der Waals surface area (Å²) in [6, 6.07) is 9.44. The van der Waals surface area contributed by atoms with Crippen LogP contribution in [0.5, 0.6) is 11.6 Å². The van der Waals surface area contributed by atoms with Crippen molar-refractivity contribution in [3.8, 4) is 11.6 Å². The minimum Gasteiger partial charge on any atom is -0.438 e. The number of hydrogen-bond donors (Lipinski definition) is 1. The summed E-state index contributed by atoms with van der Waals surface area (Å²) in [6.07, 6.45) is 2.54. The molecular weight excluding hydrogens is 294 g/mol. The van der Waals surface area contributed by atoms with Gasteiger partial charge in [0.2, 0.25) is 5.88 Å². The van der Waals surface area contributed by atoms with Gasteiger partial charge in [0.1, 0.15) is 17.9 Å².